The number of methoxy groups -OCH3 is 1. The summed E-state index contributed by atoms with van der Waals surface area (Å²) in [5.41, 5.74) is 7.45. The van der Waals surface area contributed by atoms with Crippen LogP contribution in [0.4, 0.5) is 5.69 Å². The molecule has 0 aliphatic carbocycles. The third kappa shape index (κ3) is 3.42. The summed E-state index contributed by atoms with van der Waals surface area (Å²) in [5.74, 6) is 0.786. The van der Waals surface area contributed by atoms with Crippen LogP contribution in [-0.2, 0) is 4.74 Å². The van der Waals surface area contributed by atoms with E-state index in [9.17, 15) is 0 Å². The summed E-state index contributed by atoms with van der Waals surface area (Å²) >= 11 is 0. The van der Waals surface area contributed by atoms with Gasteiger partial charge in [0.25, 0.3) is 0 Å². The average molecular weight is 223 g/mol. The second-order valence-corrected chi connectivity index (χ2v) is 4.56. The van der Waals surface area contributed by atoms with E-state index in [1.165, 1.54) is 0 Å². The molecule has 0 aliphatic rings. The predicted octanol–water partition coefficient (Wildman–Crippen LogP) is 2.77. The molecule has 0 aliphatic heterocycles. The van der Waals surface area contributed by atoms with Crippen molar-refractivity contribution in [3.8, 4) is 5.75 Å². The number of benzene rings is 1. The largest absolute Gasteiger partial charge is 0.491 e. The number of rotatable bonds is 5. The lowest BCUT2D eigenvalue weighted by Crippen LogP contribution is -2.25. The molecule has 90 valence electrons. The van der Waals surface area contributed by atoms with E-state index in [0.29, 0.717) is 12.3 Å². The van der Waals surface area contributed by atoms with Gasteiger partial charge in [-0.15, -0.1) is 0 Å². The zero-order chi connectivity index (χ0) is 12.2. The van der Waals surface area contributed by atoms with Gasteiger partial charge in [0.1, 0.15) is 5.75 Å². The molecule has 0 heterocycles. The number of hydrogen-bond acceptors (Lipinski definition) is 3. The van der Waals surface area contributed by atoms with Gasteiger partial charge in [-0.25, -0.2) is 0 Å². The van der Waals surface area contributed by atoms with E-state index >= 15 is 0 Å². The fraction of sp³-hybridized carbons (Fsp3) is 0.538. The van der Waals surface area contributed by atoms with E-state index in [1.54, 1.807) is 7.11 Å². The van der Waals surface area contributed by atoms with Crippen molar-refractivity contribution >= 4 is 5.69 Å². The van der Waals surface area contributed by atoms with Crippen LogP contribution in [0.1, 0.15) is 25.8 Å². The van der Waals surface area contributed by atoms with E-state index in [1.807, 2.05) is 39.0 Å². The lowest BCUT2D eigenvalue weighted by atomic mass is 10.1. The van der Waals surface area contributed by atoms with Crippen LogP contribution >= 0.6 is 0 Å². The first-order valence-electron chi connectivity index (χ1n) is 5.49. The summed E-state index contributed by atoms with van der Waals surface area (Å²) in [6.07, 6.45) is 0.831. The number of nitrogens with two attached hydrogens (primary N) is 1. The van der Waals surface area contributed by atoms with Crippen molar-refractivity contribution in [2.75, 3.05) is 19.5 Å². The van der Waals surface area contributed by atoms with Crippen LogP contribution in [-0.4, -0.2) is 19.3 Å². The van der Waals surface area contributed by atoms with Crippen molar-refractivity contribution in [1.82, 2.24) is 0 Å². The molecule has 1 aromatic rings. The SMILES string of the molecule is COC(C)(C)CCOc1c(C)cccc1N. The van der Waals surface area contributed by atoms with Crippen LogP contribution in [0.5, 0.6) is 5.75 Å². The highest BCUT2D eigenvalue weighted by molar-refractivity contribution is 5.56. The fourth-order valence-electron chi connectivity index (χ4n) is 1.37. The monoisotopic (exact) mass is 223 g/mol. The first-order chi connectivity index (χ1) is 7.46. The molecule has 3 nitrogen and oxygen atoms in total. The highest BCUT2D eigenvalue weighted by atomic mass is 16.5. The Hall–Kier alpha value is -1.22. The van der Waals surface area contributed by atoms with Crippen molar-refractivity contribution in [3.05, 3.63) is 23.8 Å². The van der Waals surface area contributed by atoms with E-state index in [0.717, 1.165) is 17.7 Å². The molecule has 0 radical (unpaired) electrons. The van der Waals surface area contributed by atoms with E-state index < -0.39 is 0 Å². The highest BCUT2D eigenvalue weighted by Crippen LogP contribution is 2.26. The van der Waals surface area contributed by atoms with Gasteiger partial charge in [-0.3, -0.25) is 0 Å². The Kier molecular flexibility index (Phi) is 4.19. The highest BCUT2D eigenvalue weighted by Gasteiger charge is 2.16. The van der Waals surface area contributed by atoms with Crippen molar-refractivity contribution in [3.63, 3.8) is 0 Å². The molecule has 0 fully saturated rings. The van der Waals surface area contributed by atoms with Crippen molar-refractivity contribution in [2.45, 2.75) is 32.8 Å². The summed E-state index contributed by atoms with van der Waals surface area (Å²) in [5, 5.41) is 0. The van der Waals surface area contributed by atoms with Gasteiger partial charge >= 0.3 is 0 Å². The maximum absolute atomic E-state index is 5.85. The predicted molar refractivity (Wildman–Crippen MR) is 66.8 cm³/mol. The first kappa shape index (κ1) is 12.8. The van der Waals surface area contributed by atoms with Gasteiger partial charge in [-0.05, 0) is 32.4 Å². The maximum atomic E-state index is 5.85. The van der Waals surface area contributed by atoms with E-state index in [4.69, 9.17) is 15.2 Å². The second kappa shape index (κ2) is 5.21. The lowest BCUT2D eigenvalue weighted by molar-refractivity contribution is 0.00546. The number of hydrogen-bond donors (Lipinski definition) is 1. The van der Waals surface area contributed by atoms with Crippen LogP contribution in [0.15, 0.2) is 18.2 Å². The van der Waals surface area contributed by atoms with Crippen LogP contribution in [0.3, 0.4) is 0 Å². The minimum atomic E-state index is -0.155. The minimum Gasteiger partial charge on any atom is -0.491 e. The lowest BCUT2D eigenvalue weighted by Gasteiger charge is -2.23. The minimum absolute atomic E-state index is 0.155. The fourth-order valence-corrected chi connectivity index (χ4v) is 1.37. The van der Waals surface area contributed by atoms with Crippen LogP contribution in [0.2, 0.25) is 0 Å². The van der Waals surface area contributed by atoms with Gasteiger partial charge in [0, 0.05) is 13.5 Å². The van der Waals surface area contributed by atoms with Gasteiger partial charge < -0.3 is 15.2 Å². The smallest absolute Gasteiger partial charge is 0.145 e. The molecule has 1 rings (SSSR count). The van der Waals surface area contributed by atoms with Crippen LogP contribution in [0.25, 0.3) is 0 Å². The third-order valence-electron chi connectivity index (χ3n) is 2.75. The number of ether oxygens (including phenoxy) is 2. The zero-order valence-electron chi connectivity index (χ0n) is 10.5. The summed E-state index contributed by atoms with van der Waals surface area (Å²) in [6.45, 7) is 6.68. The molecule has 3 heteroatoms. The topological polar surface area (TPSA) is 44.5 Å². The Morgan fingerprint density at radius 1 is 1.31 bits per heavy atom. The van der Waals surface area contributed by atoms with Crippen molar-refractivity contribution in [2.24, 2.45) is 0 Å². The van der Waals surface area contributed by atoms with E-state index in [2.05, 4.69) is 0 Å². The van der Waals surface area contributed by atoms with E-state index in [-0.39, 0.29) is 5.60 Å². The van der Waals surface area contributed by atoms with Crippen LogP contribution < -0.4 is 10.5 Å². The summed E-state index contributed by atoms with van der Waals surface area (Å²) in [7, 11) is 1.71. The van der Waals surface area contributed by atoms with Gasteiger partial charge in [0.15, 0.2) is 0 Å². The first-order valence-corrected chi connectivity index (χ1v) is 5.49. The summed E-state index contributed by atoms with van der Waals surface area (Å²) in [6, 6.07) is 5.77. The second-order valence-electron chi connectivity index (χ2n) is 4.56. The Labute approximate surface area is 97.6 Å². The van der Waals surface area contributed by atoms with Gasteiger partial charge in [0.05, 0.1) is 17.9 Å². The van der Waals surface area contributed by atoms with Crippen LogP contribution in [0, 0.1) is 6.92 Å². The molecule has 0 aromatic heterocycles. The normalized spacial score (nSPS) is 11.5. The Balaban J connectivity index is 2.56. The maximum Gasteiger partial charge on any atom is 0.145 e. The molecule has 0 saturated carbocycles. The Bertz CT molecular complexity index is 328. The van der Waals surface area contributed by atoms with Crippen molar-refractivity contribution < 1.29 is 9.47 Å². The quantitative estimate of drug-likeness (QED) is 0.781. The summed E-state index contributed by atoms with van der Waals surface area (Å²) < 4.78 is 11.0. The van der Waals surface area contributed by atoms with Gasteiger partial charge in [-0.2, -0.15) is 0 Å². The van der Waals surface area contributed by atoms with Gasteiger partial charge in [0.2, 0.25) is 0 Å². The molecule has 0 spiro atoms. The molecule has 0 bridgehead atoms. The third-order valence-corrected chi connectivity index (χ3v) is 2.75. The standard InChI is InChI=1S/C13H21NO2/c1-10-6-5-7-11(14)12(10)16-9-8-13(2,3)15-4/h5-7H,8-9,14H2,1-4H3. The Morgan fingerprint density at radius 3 is 2.56 bits per heavy atom. The van der Waals surface area contributed by atoms with Gasteiger partial charge in [-0.1, -0.05) is 12.1 Å². The number of aryl methyl sites for hydroxylation is 1. The zero-order valence-corrected chi connectivity index (χ0v) is 10.5. The molecule has 0 amide bonds. The summed E-state index contributed by atoms with van der Waals surface area (Å²) in [4.78, 5) is 0. The number of para-hydroxylation sites is 1. The molecule has 16 heavy (non-hydrogen) atoms. The number of anilines is 1. The molecular formula is C13H21NO2. The Morgan fingerprint density at radius 2 is 2.00 bits per heavy atom. The molecular weight excluding hydrogens is 202 g/mol. The van der Waals surface area contributed by atoms with Crippen molar-refractivity contribution in [1.29, 1.82) is 0 Å². The molecule has 0 atom stereocenters. The molecule has 2 N–H and O–H groups in total. The number of nitrogen functional groups attached to an aromatic ring is 1. The molecule has 1 aromatic carbocycles. The average Bonchev–Trinajstić information content (AvgIpc) is 2.22. The molecule has 0 saturated heterocycles. The molecule has 0 unspecified atom stereocenters.